The lowest BCUT2D eigenvalue weighted by Gasteiger charge is -2.07. The first-order valence-corrected chi connectivity index (χ1v) is 8.40. The maximum atomic E-state index is 4.91. The summed E-state index contributed by atoms with van der Waals surface area (Å²) in [7, 11) is 0. The van der Waals surface area contributed by atoms with Crippen LogP contribution in [0.1, 0.15) is 4.88 Å². The van der Waals surface area contributed by atoms with Crippen molar-refractivity contribution in [3.05, 3.63) is 83.9 Å². The molecule has 0 unspecified atom stereocenters. The Hall–Kier alpha value is -2.65. The molecule has 0 fully saturated rings. The molecule has 0 atom stereocenters. The normalized spacial score (nSPS) is 10.8. The van der Waals surface area contributed by atoms with Crippen LogP contribution in [0.25, 0.3) is 27.6 Å². The summed E-state index contributed by atoms with van der Waals surface area (Å²) in [6, 6.07) is 25.0. The first-order valence-electron chi connectivity index (χ1n) is 7.58. The summed E-state index contributed by atoms with van der Waals surface area (Å²) in [5.74, 6) is 0.970. The first kappa shape index (κ1) is 14.0. The zero-order chi connectivity index (χ0) is 15.6. The quantitative estimate of drug-likeness (QED) is 0.482. The number of thiophene rings is 1. The van der Waals surface area contributed by atoms with E-state index in [0.29, 0.717) is 0 Å². The second-order valence-electron chi connectivity index (χ2n) is 5.43. The van der Waals surface area contributed by atoms with Gasteiger partial charge < -0.3 is 0 Å². The third-order valence-corrected chi connectivity index (χ3v) is 4.79. The lowest BCUT2D eigenvalue weighted by atomic mass is 10.2. The summed E-state index contributed by atoms with van der Waals surface area (Å²) >= 11 is 1.78. The Morgan fingerprint density at radius 1 is 0.826 bits per heavy atom. The fourth-order valence-corrected chi connectivity index (χ4v) is 3.47. The van der Waals surface area contributed by atoms with Crippen molar-refractivity contribution in [1.82, 2.24) is 9.55 Å². The molecular formula is C20H16N2S. The van der Waals surface area contributed by atoms with Crippen LogP contribution in [0.2, 0.25) is 0 Å². The topological polar surface area (TPSA) is 17.8 Å². The molecule has 2 aromatic heterocycles. The first-order chi connectivity index (χ1) is 11.3. The Labute approximate surface area is 139 Å². The summed E-state index contributed by atoms with van der Waals surface area (Å²) in [6.07, 6.45) is 2.13. The third-order valence-electron chi connectivity index (χ3n) is 3.77. The number of nitrogens with zero attached hydrogens (tertiary/aromatic N) is 2. The van der Waals surface area contributed by atoms with E-state index in [9.17, 15) is 0 Å². The van der Waals surface area contributed by atoms with E-state index in [4.69, 9.17) is 4.98 Å². The molecule has 23 heavy (non-hydrogen) atoms. The molecule has 0 saturated carbocycles. The minimum Gasteiger partial charge on any atom is -0.299 e. The number of aromatic nitrogens is 2. The molecule has 0 saturated heterocycles. The average molecular weight is 316 g/mol. The Kier molecular flexibility index (Phi) is 3.56. The molecule has 2 aromatic carbocycles. The van der Waals surface area contributed by atoms with Crippen molar-refractivity contribution in [2.24, 2.45) is 0 Å². The number of benzene rings is 2. The lowest BCUT2D eigenvalue weighted by Crippen LogP contribution is -1.95. The Bertz CT molecular complexity index is 864. The van der Waals surface area contributed by atoms with Gasteiger partial charge in [0.05, 0.1) is 10.6 Å². The van der Waals surface area contributed by atoms with E-state index in [1.807, 2.05) is 24.3 Å². The number of para-hydroxylation sites is 1. The Balaban J connectivity index is 1.91. The van der Waals surface area contributed by atoms with Crippen LogP contribution in [0.5, 0.6) is 0 Å². The van der Waals surface area contributed by atoms with Crippen molar-refractivity contribution in [3.63, 3.8) is 0 Å². The standard InChI is InChI=1S/C20H16N2S/c1-15-12-13-19(23-15)18-14-22(17-10-6-3-7-11-17)20(21-18)16-8-4-2-5-9-16/h2-14H,1H3. The van der Waals surface area contributed by atoms with Gasteiger partial charge in [0.15, 0.2) is 0 Å². The van der Waals surface area contributed by atoms with Crippen molar-refractivity contribution in [2.45, 2.75) is 6.92 Å². The fourth-order valence-electron chi connectivity index (χ4n) is 2.65. The van der Waals surface area contributed by atoms with Crippen LogP contribution in [-0.2, 0) is 0 Å². The van der Waals surface area contributed by atoms with E-state index >= 15 is 0 Å². The minimum atomic E-state index is 0.970. The second kappa shape index (κ2) is 5.86. The number of hydrogen-bond donors (Lipinski definition) is 0. The molecular weight excluding hydrogens is 300 g/mol. The van der Waals surface area contributed by atoms with Gasteiger partial charge in [-0.2, -0.15) is 0 Å². The van der Waals surface area contributed by atoms with E-state index in [1.165, 1.54) is 9.75 Å². The highest BCUT2D eigenvalue weighted by molar-refractivity contribution is 7.15. The number of aryl methyl sites for hydroxylation is 1. The maximum absolute atomic E-state index is 4.91. The summed E-state index contributed by atoms with van der Waals surface area (Å²) in [5.41, 5.74) is 3.26. The molecule has 0 spiro atoms. The predicted octanol–water partition coefficient (Wildman–Crippen LogP) is 5.58. The van der Waals surface area contributed by atoms with Crippen molar-refractivity contribution in [1.29, 1.82) is 0 Å². The molecule has 0 aliphatic heterocycles. The van der Waals surface area contributed by atoms with E-state index in [0.717, 1.165) is 22.8 Å². The van der Waals surface area contributed by atoms with Crippen molar-refractivity contribution < 1.29 is 0 Å². The molecule has 0 amide bonds. The molecule has 2 nitrogen and oxygen atoms in total. The van der Waals surface area contributed by atoms with Gasteiger partial charge in [0.25, 0.3) is 0 Å². The van der Waals surface area contributed by atoms with Crippen molar-refractivity contribution in [2.75, 3.05) is 0 Å². The Morgan fingerprint density at radius 2 is 1.52 bits per heavy atom. The van der Waals surface area contributed by atoms with Gasteiger partial charge >= 0.3 is 0 Å². The van der Waals surface area contributed by atoms with Gasteiger partial charge in [-0.05, 0) is 31.2 Å². The molecule has 0 aliphatic carbocycles. The summed E-state index contributed by atoms with van der Waals surface area (Å²) in [4.78, 5) is 7.42. The molecule has 0 aliphatic rings. The summed E-state index contributed by atoms with van der Waals surface area (Å²) in [5, 5.41) is 0. The largest absolute Gasteiger partial charge is 0.299 e. The van der Waals surface area contributed by atoms with Crippen LogP contribution >= 0.6 is 11.3 Å². The van der Waals surface area contributed by atoms with Crippen LogP contribution in [0.3, 0.4) is 0 Å². The van der Waals surface area contributed by atoms with Gasteiger partial charge in [-0.1, -0.05) is 48.5 Å². The monoisotopic (exact) mass is 316 g/mol. The highest BCUT2D eigenvalue weighted by Gasteiger charge is 2.13. The molecule has 0 N–H and O–H groups in total. The molecule has 3 heteroatoms. The summed E-state index contributed by atoms with van der Waals surface area (Å²) < 4.78 is 2.17. The van der Waals surface area contributed by atoms with Crippen molar-refractivity contribution in [3.8, 4) is 27.6 Å². The van der Waals surface area contributed by atoms with Gasteiger partial charge in [0.1, 0.15) is 5.82 Å². The number of hydrogen-bond acceptors (Lipinski definition) is 2. The van der Waals surface area contributed by atoms with Gasteiger partial charge in [-0.25, -0.2) is 4.98 Å². The number of rotatable bonds is 3. The molecule has 0 bridgehead atoms. The Morgan fingerprint density at radius 3 is 2.17 bits per heavy atom. The van der Waals surface area contributed by atoms with Crippen LogP contribution in [0.4, 0.5) is 0 Å². The van der Waals surface area contributed by atoms with Gasteiger partial charge in [0, 0.05) is 22.3 Å². The zero-order valence-corrected chi connectivity index (χ0v) is 13.6. The van der Waals surface area contributed by atoms with E-state index in [1.54, 1.807) is 11.3 Å². The highest BCUT2D eigenvalue weighted by Crippen LogP contribution is 2.31. The van der Waals surface area contributed by atoms with Gasteiger partial charge in [-0.15, -0.1) is 11.3 Å². The molecule has 2 heterocycles. The number of imidazole rings is 1. The van der Waals surface area contributed by atoms with E-state index in [2.05, 4.69) is 66.2 Å². The second-order valence-corrected chi connectivity index (χ2v) is 6.72. The SMILES string of the molecule is Cc1ccc(-c2cn(-c3ccccc3)c(-c3ccccc3)n2)s1. The van der Waals surface area contributed by atoms with Gasteiger partial charge in [0.2, 0.25) is 0 Å². The third kappa shape index (κ3) is 2.71. The van der Waals surface area contributed by atoms with Crippen LogP contribution in [0.15, 0.2) is 79.0 Å². The van der Waals surface area contributed by atoms with Crippen molar-refractivity contribution >= 4 is 11.3 Å². The fraction of sp³-hybridized carbons (Fsp3) is 0.0500. The molecule has 112 valence electrons. The van der Waals surface area contributed by atoms with Crippen LogP contribution in [-0.4, -0.2) is 9.55 Å². The maximum Gasteiger partial charge on any atom is 0.145 e. The minimum absolute atomic E-state index is 0.970. The molecule has 4 rings (SSSR count). The predicted molar refractivity (Wildman–Crippen MR) is 97.1 cm³/mol. The highest BCUT2D eigenvalue weighted by atomic mass is 32.1. The molecule has 0 radical (unpaired) electrons. The van der Waals surface area contributed by atoms with Crippen LogP contribution in [0, 0.1) is 6.92 Å². The van der Waals surface area contributed by atoms with Crippen LogP contribution < -0.4 is 0 Å². The average Bonchev–Trinajstić information content (AvgIpc) is 3.23. The van der Waals surface area contributed by atoms with Gasteiger partial charge in [-0.3, -0.25) is 4.57 Å². The molecule has 4 aromatic rings. The smallest absolute Gasteiger partial charge is 0.145 e. The lowest BCUT2D eigenvalue weighted by molar-refractivity contribution is 1.07. The zero-order valence-electron chi connectivity index (χ0n) is 12.8. The summed E-state index contributed by atoms with van der Waals surface area (Å²) in [6.45, 7) is 2.13. The van der Waals surface area contributed by atoms with E-state index in [-0.39, 0.29) is 0 Å². The van der Waals surface area contributed by atoms with E-state index < -0.39 is 0 Å².